The van der Waals surface area contributed by atoms with Crippen LogP contribution in [-0.2, 0) is 23.0 Å². The fraction of sp³-hybridized carbons (Fsp3) is 0.462. The molecule has 2 rings (SSSR count). The topological polar surface area (TPSA) is 86.9 Å². The van der Waals surface area contributed by atoms with Crippen molar-refractivity contribution in [3.05, 3.63) is 34.5 Å². The third-order valence-electron chi connectivity index (χ3n) is 2.92. The van der Waals surface area contributed by atoms with Crippen LogP contribution in [0.15, 0.2) is 28.7 Å². The largest absolute Gasteiger partial charge is 0.349 e. The number of nitrogens with zero attached hydrogens (tertiary/aromatic N) is 1. The van der Waals surface area contributed by atoms with Crippen molar-refractivity contribution in [2.75, 3.05) is 13.1 Å². The van der Waals surface area contributed by atoms with Crippen LogP contribution in [-0.4, -0.2) is 31.5 Å². The Hall–Kier alpha value is -1.22. The summed E-state index contributed by atoms with van der Waals surface area (Å²) in [5.41, 5.74) is 0. The summed E-state index contributed by atoms with van der Waals surface area (Å²) < 4.78 is 27.2. The Morgan fingerprint density at radius 1 is 1.38 bits per heavy atom. The predicted molar refractivity (Wildman–Crippen MR) is 83.8 cm³/mol. The van der Waals surface area contributed by atoms with E-state index in [1.807, 2.05) is 5.38 Å². The fourth-order valence-corrected chi connectivity index (χ4v) is 4.34. The van der Waals surface area contributed by atoms with Gasteiger partial charge in [0.2, 0.25) is 10.0 Å². The van der Waals surface area contributed by atoms with Crippen LogP contribution in [0.1, 0.15) is 24.0 Å². The van der Waals surface area contributed by atoms with Crippen LogP contribution in [0.4, 0.5) is 0 Å². The van der Waals surface area contributed by atoms with Crippen molar-refractivity contribution >= 4 is 21.4 Å². The van der Waals surface area contributed by atoms with Crippen molar-refractivity contribution in [1.82, 2.24) is 20.0 Å². The summed E-state index contributed by atoms with van der Waals surface area (Å²) in [5, 5.41) is 5.04. The zero-order valence-corrected chi connectivity index (χ0v) is 13.6. The van der Waals surface area contributed by atoms with Gasteiger partial charge in [-0.1, -0.05) is 6.92 Å². The number of aromatic amines is 1. The fourth-order valence-electron chi connectivity index (χ4n) is 1.89. The molecule has 6 nitrogen and oxygen atoms in total. The number of aromatic nitrogens is 2. The number of rotatable bonds is 9. The molecule has 0 aromatic carbocycles. The van der Waals surface area contributed by atoms with Crippen molar-refractivity contribution < 1.29 is 8.42 Å². The first-order chi connectivity index (χ1) is 10.1. The molecule has 0 saturated carbocycles. The number of hydrogen-bond acceptors (Lipinski definition) is 5. The zero-order chi connectivity index (χ0) is 15.1. The summed E-state index contributed by atoms with van der Waals surface area (Å²) >= 11 is 1.46. The second-order valence-corrected chi connectivity index (χ2v) is 7.30. The van der Waals surface area contributed by atoms with Gasteiger partial charge in [0.15, 0.2) is 0 Å². The van der Waals surface area contributed by atoms with Gasteiger partial charge in [-0.15, -0.1) is 11.3 Å². The van der Waals surface area contributed by atoms with Crippen molar-refractivity contribution in [2.45, 2.75) is 31.2 Å². The van der Waals surface area contributed by atoms with Gasteiger partial charge in [0.25, 0.3) is 0 Å². The summed E-state index contributed by atoms with van der Waals surface area (Å²) in [7, 11) is -3.46. The van der Waals surface area contributed by atoms with Crippen LogP contribution in [0.25, 0.3) is 0 Å². The van der Waals surface area contributed by atoms with Crippen LogP contribution >= 0.6 is 11.3 Å². The monoisotopic (exact) mass is 328 g/mol. The van der Waals surface area contributed by atoms with Gasteiger partial charge in [0.05, 0.1) is 4.90 Å². The number of sulfonamides is 1. The van der Waals surface area contributed by atoms with E-state index in [0.29, 0.717) is 24.4 Å². The third kappa shape index (κ3) is 4.63. The van der Waals surface area contributed by atoms with Crippen molar-refractivity contribution in [3.8, 4) is 0 Å². The molecule has 3 N–H and O–H groups in total. The van der Waals surface area contributed by atoms with E-state index < -0.39 is 10.0 Å². The number of thiophene rings is 1. The van der Waals surface area contributed by atoms with Gasteiger partial charge in [-0.05, 0) is 24.4 Å². The predicted octanol–water partition coefficient (Wildman–Crippen LogP) is 1.49. The first-order valence-corrected chi connectivity index (χ1v) is 9.24. The Bertz CT molecular complexity index is 635. The van der Waals surface area contributed by atoms with Gasteiger partial charge in [0.1, 0.15) is 5.82 Å². The molecule has 0 bridgehead atoms. The van der Waals surface area contributed by atoms with Crippen LogP contribution in [0.3, 0.4) is 0 Å². The molecule has 2 heterocycles. The Morgan fingerprint density at radius 3 is 2.95 bits per heavy atom. The lowest BCUT2D eigenvalue weighted by Gasteiger charge is -2.08. The number of H-pyrrole nitrogens is 1. The first-order valence-electron chi connectivity index (χ1n) is 6.88. The molecule has 21 heavy (non-hydrogen) atoms. The summed E-state index contributed by atoms with van der Waals surface area (Å²) in [6, 6.07) is 1.66. The normalized spacial score (nSPS) is 11.9. The first kappa shape index (κ1) is 16.2. The molecule has 2 aromatic heterocycles. The molecule has 0 unspecified atom stereocenters. The quantitative estimate of drug-likeness (QED) is 0.609. The lowest BCUT2D eigenvalue weighted by atomic mass is 10.4. The van der Waals surface area contributed by atoms with E-state index >= 15 is 0 Å². The van der Waals surface area contributed by atoms with Gasteiger partial charge in [-0.25, -0.2) is 18.1 Å². The highest BCUT2D eigenvalue weighted by molar-refractivity contribution is 7.89. The maximum absolute atomic E-state index is 12.3. The van der Waals surface area contributed by atoms with E-state index in [2.05, 4.69) is 26.9 Å². The third-order valence-corrected chi connectivity index (χ3v) is 5.51. The van der Waals surface area contributed by atoms with E-state index in [4.69, 9.17) is 0 Å². The second kappa shape index (κ2) is 7.69. The molecular weight excluding hydrogens is 308 g/mol. The maximum atomic E-state index is 12.3. The SMILES string of the molecule is CCCNCc1sccc1S(=O)(=O)NCCc1ncc[nH]1. The summed E-state index contributed by atoms with van der Waals surface area (Å²) in [6.45, 7) is 3.87. The van der Waals surface area contributed by atoms with Gasteiger partial charge in [0, 0.05) is 36.8 Å². The minimum absolute atomic E-state index is 0.327. The molecular formula is C13H20N4O2S2. The molecule has 0 spiro atoms. The Morgan fingerprint density at radius 2 is 2.24 bits per heavy atom. The van der Waals surface area contributed by atoms with Gasteiger partial charge < -0.3 is 10.3 Å². The molecule has 116 valence electrons. The minimum atomic E-state index is -3.46. The average Bonchev–Trinajstić information content (AvgIpc) is 3.10. The van der Waals surface area contributed by atoms with Crippen LogP contribution < -0.4 is 10.0 Å². The van der Waals surface area contributed by atoms with E-state index in [9.17, 15) is 8.42 Å². The molecule has 0 aliphatic rings. The maximum Gasteiger partial charge on any atom is 0.241 e. The van der Waals surface area contributed by atoms with Gasteiger partial charge >= 0.3 is 0 Å². The molecule has 0 amide bonds. The Labute approximate surface area is 129 Å². The average molecular weight is 328 g/mol. The second-order valence-electron chi connectivity index (χ2n) is 4.57. The Kier molecular flexibility index (Phi) is 5.92. The zero-order valence-electron chi connectivity index (χ0n) is 11.9. The van der Waals surface area contributed by atoms with Crippen molar-refractivity contribution in [3.63, 3.8) is 0 Å². The van der Waals surface area contributed by atoms with Crippen LogP contribution in [0.5, 0.6) is 0 Å². The molecule has 0 aliphatic carbocycles. The number of nitrogens with one attached hydrogen (secondary N) is 3. The highest BCUT2D eigenvalue weighted by Crippen LogP contribution is 2.21. The molecule has 0 fully saturated rings. The van der Waals surface area contributed by atoms with Gasteiger partial charge in [-0.3, -0.25) is 0 Å². The van der Waals surface area contributed by atoms with Crippen molar-refractivity contribution in [2.24, 2.45) is 0 Å². The summed E-state index contributed by atoms with van der Waals surface area (Å²) in [4.78, 5) is 8.23. The standard InChI is InChI=1S/C13H20N4O2S2/c1-2-5-14-10-11-12(4-9-20-11)21(18,19)17-6-3-13-15-7-8-16-13/h4,7-9,14,17H,2-3,5-6,10H2,1H3,(H,15,16). The smallest absolute Gasteiger partial charge is 0.241 e. The van der Waals surface area contributed by atoms with E-state index in [1.165, 1.54) is 11.3 Å². The lowest BCUT2D eigenvalue weighted by molar-refractivity contribution is 0.579. The minimum Gasteiger partial charge on any atom is -0.349 e. The van der Waals surface area contributed by atoms with E-state index in [0.717, 1.165) is 23.7 Å². The number of hydrogen-bond donors (Lipinski definition) is 3. The van der Waals surface area contributed by atoms with E-state index in [1.54, 1.807) is 18.5 Å². The van der Waals surface area contributed by atoms with Crippen molar-refractivity contribution in [1.29, 1.82) is 0 Å². The summed E-state index contributed by atoms with van der Waals surface area (Å²) in [5.74, 6) is 0.771. The molecule has 0 atom stereocenters. The Balaban J connectivity index is 1.94. The highest BCUT2D eigenvalue weighted by Gasteiger charge is 2.19. The molecule has 0 saturated heterocycles. The van der Waals surface area contributed by atoms with Crippen LogP contribution in [0, 0.1) is 0 Å². The molecule has 8 heteroatoms. The van der Waals surface area contributed by atoms with Crippen LogP contribution in [0.2, 0.25) is 0 Å². The summed E-state index contributed by atoms with van der Waals surface area (Å²) in [6.07, 6.45) is 4.94. The lowest BCUT2D eigenvalue weighted by Crippen LogP contribution is -2.27. The molecule has 0 aliphatic heterocycles. The van der Waals surface area contributed by atoms with E-state index in [-0.39, 0.29) is 0 Å². The van der Waals surface area contributed by atoms with Gasteiger partial charge in [-0.2, -0.15) is 0 Å². The highest BCUT2D eigenvalue weighted by atomic mass is 32.2. The number of imidazole rings is 1. The molecule has 0 radical (unpaired) electrons. The molecule has 2 aromatic rings.